The summed E-state index contributed by atoms with van der Waals surface area (Å²) in [5, 5.41) is 0. The van der Waals surface area contributed by atoms with Gasteiger partial charge in [0.05, 0.1) is 0 Å². The SMILES string of the molecule is CCC(=O)N1CCCC1CCc1ccccc1. The molecule has 0 aliphatic carbocycles. The van der Waals surface area contributed by atoms with Crippen molar-refractivity contribution in [3.63, 3.8) is 0 Å². The fourth-order valence-corrected chi connectivity index (χ4v) is 2.65. The fraction of sp³-hybridized carbons (Fsp3) is 0.533. The lowest BCUT2D eigenvalue weighted by Crippen LogP contribution is -2.35. The molecule has 0 radical (unpaired) electrons. The number of benzene rings is 1. The van der Waals surface area contributed by atoms with Crippen molar-refractivity contribution in [1.82, 2.24) is 4.90 Å². The first-order valence-corrected chi connectivity index (χ1v) is 6.64. The van der Waals surface area contributed by atoms with Crippen LogP contribution in [-0.2, 0) is 11.2 Å². The third kappa shape index (κ3) is 3.09. The maximum atomic E-state index is 11.8. The molecule has 1 heterocycles. The summed E-state index contributed by atoms with van der Waals surface area (Å²) in [6, 6.07) is 11.0. The lowest BCUT2D eigenvalue weighted by Gasteiger charge is -2.24. The van der Waals surface area contributed by atoms with E-state index in [9.17, 15) is 4.79 Å². The van der Waals surface area contributed by atoms with E-state index in [0.717, 1.165) is 19.4 Å². The molecule has 0 bridgehead atoms. The van der Waals surface area contributed by atoms with Gasteiger partial charge in [0.25, 0.3) is 0 Å². The van der Waals surface area contributed by atoms with Crippen LogP contribution in [0, 0.1) is 0 Å². The summed E-state index contributed by atoms with van der Waals surface area (Å²) in [7, 11) is 0. The van der Waals surface area contributed by atoms with Crippen LogP contribution in [0.2, 0.25) is 0 Å². The van der Waals surface area contributed by atoms with Crippen molar-refractivity contribution in [2.45, 2.75) is 45.1 Å². The predicted octanol–water partition coefficient (Wildman–Crippen LogP) is 3.02. The van der Waals surface area contributed by atoms with E-state index < -0.39 is 0 Å². The molecule has 17 heavy (non-hydrogen) atoms. The summed E-state index contributed by atoms with van der Waals surface area (Å²) >= 11 is 0. The number of carbonyl (C=O) groups excluding carboxylic acids is 1. The number of carbonyl (C=O) groups is 1. The maximum Gasteiger partial charge on any atom is 0.222 e. The molecule has 1 amide bonds. The number of likely N-dealkylation sites (tertiary alicyclic amines) is 1. The van der Waals surface area contributed by atoms with Gasteiger partial charge < -0.3 is 4.90 Å². The highest BCUT2D eigenvalue weighted by molar-refractivity contribution is 5.76. The van der Waals surface area contributed by atoms with Gasteiger partial charge in [-0.05, 0) is 31.2 Å². The molecule has 2 heteroatoms. The Kier molecular flexibility index (Phi) is 4.18. The summed E-state index contributed by atoms with van der Waals surface area (Å²) in [6.45, 7) is 2.92. The molecular weight excluding hydrogens is 210 g/mol. The monoisotopic (exact) mass is 231 g/mol. The van der Waals surface area contributed by atoms with Gasteiger partial charge >= 0.3 is 0 Å². The second-order valence-electron chi connectivity index (χ2n) is 4.76. The first-order valence-electron chi connectivity index (χ1n) is 6.64. The van der Waals surface area contributed by atoms with Crippen LogP contribution in [-0.4, -0.2) is 23.4 Å². The Morgan fingerprint density at radius 1 is 1.35 bits per heavy atom. The van der Waals surface area contributed by atoms with Gasteiger partial charge in [-0.25, -0.2) is 0 Å². The number of amides is 1. The quantitative estimate of drug-likeness (QED) is 0.780. The second kappa shape index (κ2) is 5.85. The topological polar surface area (TPSA) is 20.3 Å². The Balaban J connectivity index is 1.88. The Bertz CT molecular complexity index is 360. The van der Waals surface area contributed by atoms with E-state index in [0.29, 0.717) is 18.4 Å². The summed E-state index contributed by atoms with van der Waals surface area (Å²) in [4.78, 5) is 13.8. The van der Waals surface area contributed by atoms with Gasteiger partial charge in [0.2, 0.25) is 5.91 Å². The van der Waals surface area contributed by atoms with E-state index in [4.69, 9.17) is 0 Å². The third-order valence-electron chi connectivity index (χ3n) is 3.61. The zero-order chi connectivity index (χ0) is 12.1. The Hall–Kier alpha value is -1.31. The van der Waals surface area contributed by atoms with Crippen molar-refractivity contribution >= 4 is 5.91 Å². The van der Waals surface area contributed by atoms with E-state index in [1.165, 1.54) is 18.4 Å². The zero-order valence-corrected chi connectivity index (χ0v) is 10.6. The molecule has 1 aliphatic heterocycles. The Labute approximate surface area is 104 Å². The molecule has 0 saturated carbocycles. The minimum Gasteiger partial charge on any atom is -0.340 e. The van der Waals surface area contributed by atoms with Crippen molar-refractivity contribution in [2.75, 3.05) is 6.54 Å². The van der Waals surface area contributed by atoms with Crippen LogP contribution in [0.5, 0.6) is 0 Å². The van der Waals surface area contributed by atoms with E-state index in [2.05, 4.69) is 29.2 Å². The number of rotatable bonds is 4. The minimum atomic E-state index is 0.320. The van der Waals surface area contributed by atoms with Crippen LogP contribution in [0.25, 0.3) is 0 Å². The van der Waals surface area contributed by atoms with E-state index >= 15 is 0 Å². The molecule has 0 N–H and O–H groups in total. The standard InChI is InChI=1S/C15H21NO/c1-2-15(17)16-12-6-9-14(16)11-10-13-7-4-3-5-8-13/h3-5,7-8,14H,2,6,9-12H2,1H3. The molecule has 1 aliphatic rings. The van der Waals surface area contributed by atoms with Crippen LogP contribution in [0.15, 0.2) is 30.3 Å². The molecule has 92 valence electrons. The van der Waals surface area contributed by atoms with Gasteiger partial charge in [-0.1, -0.05) is 37.3 Å². The number of nitrogens with zero attached hydrogens (tertiary/aromatic N) is 1. The van der Waals surface area contributed by atoms with Crippen molar-refractivity contribution in [2.24, 2.45) is 0 Å². The van der Waals surface area contributed by atoms with Gasteiger partial charge in [-0.15, -0.1) is 0 Å². The highest BCUT2D eigenvalue weighted by Gasteiger charge is 2.26. The van der Waals surface area contributed by atoms with Gasteiger partial charge in [-0.2, -0.15) is 0 Å². The largest absolute Gasteiger partial charge is 0.340 e. The third-order valence-corrected chi connectivity index (χ3v) is 3.61. The molecule has 1 fully saturated rings. The average molecular weight is 231 g/mol. The van der Waals surface area contributed by atoms with E-state index in [1.54, 1.807) is 0 Å². The Morgan fingerprint density at radius 3 is 2.82 bits per heavy atom. The van der Waals surface area contributed by atoms with Gasteiger partial charge in [0.1, 0.15) is 0 Å². The number of hydrogen-bond acceptors (Lipinski definition) is 1. The van der Waals surface area contributed by atoms with Crippen LogP contribution < -0.4 is 0 Å². The smallest absolute Gasteiger partial charge is 0.222 e. The first kappa shape index (κ1) is 12.2. The highest BCUT2D eigenvalue weighted by atomic mass is 16.2. The number of aryl methyl sites for hydroxylation is 1. The average Bonchev–Trinajstić information content (AvgIpc) is 2.85. The van der Waals surface area contributed by atoms with Crippen LogP contribution >= 0.6 is 0 Å². The summed E-state index contributed by atoms with van der Waals surface area (Å²) in [5.41, 5.74) is 1.38. The molecule has 2 nitrogen and oxygen atoms in total. The molecule has 1 unspecified atom stereocenters. The number of hydrogen-bond donors (Lipinski definition) is 0. The molecule has 1 atom stereocenters. The summed E-state index contributed by atoms with van der Waals surface area (Å²) < 4.78 is 0. The molecular formula is C15H21NO. The summed E-state index contributed by atoms with van der Waals surface area (Å²) in [5.74, 6) is 0.320. The highest BCUT2D eigenvalue weighted by Crippen LogP contribution is 2.22. The zero-order valence-electron chi connectivity index (χ0n) is 10.6. The normalized spacial score (nSPS) is 19.6. The molecule has 1 aromatic rings. The molecule has 0 spiro atoms. The van der Waals surface area contributed by atoms with Crippen molar-refractivity contribution in [3.05, 3.63) is 35.9 Å². The van der Waals surface area contributed by atoms with Crippen molar-refractivity contribution in [3.8, 4) is 0 Å². The van der Waals surface area contributed by atoms with E-state index in [-0.39, 0.29) is 0 Å². The maximum absolute atomic E-state index is 11.8. The molecule has 1 aromatic carbocycles. The molecule has 1 saturated heterocycles. The van der Waals surface area contributed by atoms with Crippen LogP contribution in [0.1, 0.15) is 38.2 Å². The predicted molar refractivity (Wildman–Crippen MR) is 69.8 cm³/mol. The summed E-state index contributed by atoms with van der Waals surface area (Å²) in [6.07, 6.45) is 5.18. The first-order chi connectivity index (χ1) is 8.31. The van der Waals surface area contributed by atoms with E-state index in [1.807, 2.05) is 13.0 Å². The fourth-order valence-electron chi connectivity index (χ4n) is 2.65. The van der Waals surface area contributed by atoms with Gasteiger partial charge in [0, 0.05) is 19.0 Å². The van der Waals surface area contributed by atoms with Gasteiger partial charge in [0.15, 0.2) is 0 Å². The lowest BCUT2D eigenvalue weighted by atomic mass is 10.0. The van der Waals surface area contributed by atoms with Crippen LogP contribution in [0.3, 0.4) is 0 Å². The molecule has 2 rings (SSSR count). The van der Waals surface area contributed by atoms with Crippen molar-refractivity contribution < 1.29 is 4.79 Å². The van der Waals surface area contributed by atoms with Gasteiger partial charge in [-0.3, -0.25) is 4.79 Å². The molecule has 0 aromatic heterocycles. The second-order valence-corrected chi connectivity index (χ2v) is 4.76. The Morgan fingerprint density at radius 2 is 2.12 bits per heavy atom. The lowest BCUT2D eigenvalue weighted by molar-refractivity contribution is -0.131. The van der Waals surface area contributed by atoms with Crippen molar-refractivity contribution in [1.29, 1.82) is 0 Å². The van der Waals surface area contributed by atoms with Crippen LogP contribution in [0.4, 0.5) is 0 Å². The minimum absolute atomic E-state index is 0.320.